The molecule has 0 saturated carbocycles. The minimum absolute atomic E-state index is 0.110. The van der Waals surface area contributed by atoms with Gasteiger partial charge in [0.15, 0.2) is 0 Å². The lowest BCUT2D eigenvalue weighted by Crippen LogP contribution is -2.28. The van der Waals surface area contributed by atoms with E-state index in [0.717, 1.165) is 10.9 Å². The molecular weight excluding hydrogens is 392 g/mol. The zero-order valence-corrected chi connectivity index (χ0v) is 18.1. The van der Waals surface area contributed by atoms with E-state index in [9.17, 15) is 8.78 Å². The molecule has 0 bridgehead atoms. The molecule has 0 aromatic heterocycles. The summed E-state index contributed by atoms with van der Waals surface area (Å²) in [5, 5.41) is 1.59. The fraction of sp³-hybridized carbons (Fsp3) is 0.333. The molecule has 0 atom stereocenters. The van der Waals surface area contributed by atoms with Gasteiger partial charge in [-0.15, -0.1) is 0 Å². The number of nitrogen functional groups attached to an aromatic ring is 1. The van der Waals surface area contributed by atoms with Crippen molar-refractivity contribution in [3.8, 4) is 5.75 Å². The van der Waals surface area contributed by atoms with E-state index in [1.54, 1.807) is 18.2 Å². The normalized spacial score (nSPS) is 12.4. The van der Waals surface area contributed by atoms with Crippen molar-refractivity contribution in [2.24, 2.45) is 0 Å². The molecular formula is C24H26ClF2NO. The van der Waals surface area contributed by atoms with Crippen molar-refractivity contribution in [2.75, 3.05) is 12.3 Å². The summed E-state index contributed by atoms with van der Waals surface area (Å²) in [6, 6.07) is 11.4. The smallest absolute Gasteiger partial charge is 0.142 e. The summed E-state index contributed by atoms with van der Waals surface area (Å²) in [5.41, 5.74) is 6.81. The molecule has 5 heteroatoms. The van der Waals surface area contributed by atoms with Crippen molar-refractivity contribution in [1.29, 1.82) is 0 Å². The second-order valence-corrected chi connectivity index (χ2v) is 9.43. The monoisotopic (exact) mass is 417 g/mol. The largest absolute Gasteiger partial charge is 0.493 e. The number of nitrogens with two attached hydrogens (primary N) is 1. The van der Waals surface area contributed by atoms with Crippen LogP contribution in [0.25, 0.3) is 10.8 Å². The van der Waals surface area contributed by atoms with Gasteiger partial charge in [0.25, 0.3) is 0 Å². The first-order chi connectivity index (χ1) is 13.4. The van der Waals surface area contributed by atoms with Crippen molar-refractivity contribution >= 4 is 28.1 Å². The van der Waals surface area contributed by atoms with Crippen molar-refractivity contribution in [1.82, 2.24) is 0 Å². The van der Waals surface area contributed by atoms with E-state index in [1.165, 1.54) is 12.1 Å². The van der Waals surface area contributed by atoms with Crippen LogP contribution in [0.3, 0.4) is 0 Å². The van der Waals surface area contributed by atoms with E-state index in [1.807, 2.05) is 46.8 Å². The third kappa shape index (κ3) is 4.18. The highest BCUT2D eigenvalue weighted by Crippen LogP contribution is 2.39. The Morgan fingerprint density at radius 3 is 2.28 bits per heavy atom. The van der Waals surface area contributed by atoms with Gasteiger partial charge in [-0.3, -0.25) is 0 Å². The number of hydrogen-bond acceptors (Lipinski definition) is 2. The maximum atomic E-state index is 14.4. The van der Waals surface area contributed by atoms with Crippen LogP contribution in [-0.4, -0.2) is 6.61 Å². The maximum absolute atomic E-state index is 14.4. The average molecular weight is 418 g/mol. The molecule has 2 nitrogen and oxygen atoms in total. The summed E-state index contributed by atoms with van der Waals surface area (Å²) >= 11 is 6.28. The zero-order valence-electron chi connectivity index (χ0n) is 17.4. The number of anilines is 1. The summed E-state index contributed by atoms with van der Waals surface area (Å²) in [7, 11) is 0. The van der Waals surface area contributed by atoms with Crippen LogP contribution in [0.5, 0.6) is 5.75 Å². The van der Waals surface area contributed by atoms with Gasteiger partial charge in [-0.1, -0.05) is 58.4 Å². The Morgan fingerprint density at radius 1 is 0.966 bits per heavy atom. The van der Waals surface area contributed by atoms with Crippen molar-refractivity contribution < 1.29 is 13.5 Å². The molecule has 3 rings (SSSR count). The van der Waals surface area contributed by atoms with Crippen LogP contribution in [0.2, 0.25) is 5.02 Å². The quantitative estimate of drug-likeness (QED) is 0.463. The highest BCUT2D eigenvalue weighted by atomic mass is 35.5. The Kier molecular flexibility index (Phi) is 5.52. The molecule has 0 aliphatic heterocycles. The number of fused-ring (bicyclic) bond motifs is 1. The van der Waals surface area contributed by atoms with Crippen LogP contribution in [0.15, 0.2) is 42.5 Å². The molecule has 29 heavy (non-hydrogen) atoms. The molecule has 0 saturated heterocycles. The van der Waals surface area contributed by atoms with Crippen LogP contribution in [0, 0.1) is 11.6 Å². The number of ether oxygens (including phenoxy) is 1. The molecule has 2 N–H and O–H groups in total. The van der Waals surface area contributed by atoms with Crippen LogP contribution in [-0.2, 0) is 10.8 Å². The van der Waals surface area contributed by atoms with Crippen molar-refractivity contribution in [2.45, 2.75) is 45.4 Å². The Balaban J connectivity index is 2.02. The molecule has 0 aliphatic rings. The molecule has 0 amide bonds. The number of rotatable bonds is 4. The Hall–Kier alpha value is -2.33. The summed E-state index contributed by atoms with van der Waals surface area (Å²) in [6.07, 6.45) is 0. The number of halogens is 3. The van der Waals surface area contributed by atoms with Gasteiger partial charge in [0.1, 0.15) is 17.4 Å². The SMILES string of the molecule is CC(C)(C)c1cc(OCC(C)(C)c2c(N)cccc2F)cc2ccc(F)c(Cl)c12. The standard InChI is InChI=1S/C24H26ClF2NO/c1-23(2,3)16-12-15(11-14-9-10-18(27)22(25)20(14)16)29-13-24(4,5)21-17(26)7-6-8-19(21)28/h6-12H,13,28H2,1-5H3. The Labute approximate surface area is 175 Å². The van der Waals surface area contributed by atoms with Gasteiger partial charge in [0.2, 0.25) is 0 Å². The zero-order chi connectivity index (χ0) is 21.6. The Bertz CT molecular complexity index is 1050. The summed E-state index contributed by atoms with van der Waals surface area (Å²) in [5.74, 6) is -0.183. The van der Waals surface area contributed by atoms with Crippen molar-refractivity contribution in [3.63, 3.8) is 0 Å². The third-order valence-electron chi connectivity index (χ3n) is 5.11. The Morgan fingerprint density at radius 2 is 1.66 bits per heavy atom. The molecule has 0 aliphatic carbocycles. The highest BCUT2D eigenvalue weighted by molar-refractivity contribution is 6.36. The minimum atomic E-state index is -0.646. The predicted octanol–water partition coefficient (Wildman–Crippen LogP) is 7.01. The van der Waals surface area contributed by atoms with Gasteiger partial charge in [-0.25, -0.2) is 8.78 Å². The summed E-state index contributed by atoms with van der Waals surface area (Å²) < 4.78 is 34.6. The van der Waals surface area contributed by atoms with E-state index in [-0.39, 0.29) is 22.9 Å². The van der Waals surface area contributed by atoms with Gasteiger partial charge in [-0.2, -0.15) is 0 Å². The van der Waals surface area contributed by atoms with Crippen molar-refractivity contribution in [3.05, 3.63) is 70.2 Å². The number of benzene rings is 3. The minimum Gasteiger partial charge on any atom is -0.493 e. The molecule has 0 unspecified atom stereocenters. The second kappa shape index (κ2) is 7.49. The molecule has 0 fully saturated rings. The molecule has 3 aromatic rings. The summed E-state index contributed by atoms with van der Waals surface area (Å²) in [4.78, 5) is 0. The van der Waals surface area contributed by atoms with Gasteiger partial charge >= 0.3 is 0 Å². The van der Waals surface area contributed by atoms with Crippen LogP contribution in [0.4, 0.5) is 14.5 Å². The molecule has 0 radical (unpaired) electrons. The lowest BCUT2D eigenvalue weighted by molar-refractivity contribution is 0.237. The maximum Gasteiger partial charge on any atom is 0.142 e. The van der Waals surface area contributed by atoms with Gasteiger partial charge in [-0.05, 0) is 46.7 Å². The van der Waals surface area contributed by atoms with E-state index in [0.29, 0.717) is 22.4 Å². The first-order valence-electron chi connectivity index (χ1n) is 9.51. The summed E-state index contributed by atoms with van der Waals surface area (Å²) in [6.45, 7) is 10.1. The van der Waals surface area contributed by atoms with Gasteiger partial charge < -0.3 is 10.5 Å². The molecule has 154 valence electrons. The second-order valence-electron chi connectivity index (χ2n) is 9.06. The van der Waals surface area contributed by atoms with E-state index in [2.05, 4.69) is 0 Å². The van der Waals surface area contributed by atoms with E-state index >= 15 is 0 Å². The average Bonchev–Trinajstić information content (AvgIpc) is 2.61. The predicted molar refractivity (Wildman–Crippen MR) is 117 cm³/mol. The lowest BCUT2D eigenvalue weighted by atomic mass is 9.83. The molecule has 0 spiro atoms. The molecule has 0 heterocycles. The molecule has 3 aromatic carbocycles. The van der Waals surface area contributed by atoms with Crippen LogP contribution >= 0.6 is 11.6 Å². The topological polar surface area (TPSA) is 35.2 Å². The van der Waals surface area contributed by atoms with E-state index < -0.39 is 11.2 Å². The van der Waals surface area contributed by atoms with Crippen LogP contribution < -0.4 is 10.5 Å². The first kappa shape index (κ1) is 21.4. The fourth-order valence-corrected chi connectivity index (χ4v) is 3.91. The highest BCUT2D eigenvalue weighted by Gasteiger charge is 2.28. The lowest BCUT2D eigenvalue weighted by Gasteiger charge is -2.28. The third-order valence-corrected chi connectivity index (χ3v) is 5.48. The van der Waals surface area contributed by atoms with Gasteiger partial charge in [0, 0.05) is 22.1 Å². The number of hydrogen-bond donors (Lipinski definition) is 1. The van der Waals surface area contributed by atoms with Crippen LogP contribution in [0.1, 0.15) is 45.7 Å². The fourth-order valence-electron chi connectivity index (χ4n) is 3.63. The van der Waals surface area contributed by atoms with E-state index in [4.69, 9.17) is 22.1 Å². The van der Waals surface area contributed by atoms with Gasteiger partial charge in [0.05, 0.1) is 11.6 Å². The first-order valence-corrected chi connectivity index (χ1v) is 9.89.